The van der Waals surface area contributed by atoms with Crippen molar-refractivity contribution in [3.8, 4) is 5.75 Å². The Hall–Kier alpha value is -4.16. The van der Waals surface area contributed by atoms with Gasteiger partial charge in [-0.25, -0.2) is 10.4 Å². The van der Waals surface area contributed by atoms with Crippen LogP contribution < -0.4 is 15.6 Å². The molecule has 13 heteroatoms. The lowest BCUT2D eigenvalue weighted by Crippen LogP contribution is -2.53. The third-order valence-corrected chi connectivity index (χ3v) is 6.65. The summed E-state index contributed by atoms with van der Waals surface area (Å²) in [5.41, 5.74) is 14.2. The minimum Gasteiger partial charge on any atom is -0.494 e. The van der Waals surface area contributed by atoms with E-state index in [0.717, 1.165) is 0 Å². The number of azide groups is 1. The van der Waals surface area contributed by atoms with Crippen LogP contribution in [0.4, 0.5) is 0 Å². The number of methoxy groups -OCH3 is 1. The Labute approximate surface area is 257 Å². The Bertz CT molecular complexity index is 1320. The molecule has 3 N–H and O–H groups in total. The van der Waals surface area contributed by atoms with Gasteiger partial charge in [-0.1, -0.05) is 29.4 Å². The van der Waals surface area contributed by atoms with Crippen molar-refractivity contribution in [1.29, 1.82) is 0 Å². The molecular formula is C31H42N6O7. The number of aliphatic hydroxyl groups excluding tert-OH is 1. The molecule has 0 bridgehead atoms. The van der Waals surface area contributed by atoms with E-state index in [1.54, 1.807) is 76.4 Å². The smallest absolute Gasteiger partial charge is 0.306 e. The fourth-order valence-electron chi connectivity index (χ4n) is 4.63. The third kappa shape index (κ3) is 9.68. The summed E-state index contributed by atoms with van der Waals surface area (Å²) in [6.07, 6.45) is 0.0496. The molecule has 0 aliphatic carbocycles. The molecular weight excluding hydrogens is 568 g/mol. The van der Waals surface area contributed by atoms with E-state index >= 15 is 0 Å². The van der Waals surface area contributed by atoms with Gasteiger partial charge in [0.25, 0.3) is 5.91 Å². The fourth-order valence-corrected chi connectivity index (χ4v) is 4.63. The van der Waals surface area contributed by atoms with Crippen molar-refractivity contribution in [1.82, 2.24) is 10.9 Å². The number of benzene rings is 2. The molecule has 0 spiro atoms. The highest BCUT2D eigenvalue weighted by Gasteiger charge is 2.54. The lowest BCUT2D eigenvalue weighted by Gasteiger charge is -2.31. The van der Waals surface area contributed by atoms with Gasteiger partial charge in [0.15, 0.2) is 11.6 Å². The van der Waals surface area contributed by atoms with E-state index in [1.807, 2.05) is 0 Å². The quantitative estimate of drug-likeness (QED) is 0.0593. The second-order valence-corrected chi connectivity index (χ2v) is 11.2. The minimum absolute atomic E-state index is 0.0277. The average molecular weight is 611 g/mol. The number of rotatable bonds is 17. The van der Waals surface area contributed by atoms with E-state index in [9.17, 15) is 9.59 Å². The van der Waals surface area contributed by atoms with E-state index in [0.29, 0.717) is 55.0 Å². The molecule has 2 aromatic carbocycles. The van der Waals surface area contributed by atoms with Crippen LogP contribution in [0, 0.1) is 0 Å². The summed E-state index contributed by atoms with van der Waals surface area (Å²) in [6.45, 7) is 6.69. The summed E-state index contributed by atoms with van der Waals surface area (Å²) in [5.74, 6) is -0.173. The van der Waals surface area contributed by atoms with Crippen LogP contribution in [0.2, 0.25) is 0 Å². The van der Waals surface area contributed by atoms with Crippen molar-refractivity contribution in [3.05, 3.63) is 75.7 Å². The van der Waals surface area contributed by atoms with Crippen molar-refractivity contribution in [2.45, 2.75) is 70.2 Å². The van der Waals surface area contributed by atoms with Gasteiger partial charge >= 0.3 is 5.97 Å². The van der Waals surface area contributed by atoms with Gasteiger partial charge in [0.05, 0.1) is 13.2 Å². The summed E-state index contributed by atoms with van der Waals surface area (Å²) in [6, 6.07) is 14.2. The maximum atomic E-state index is 14.1. The maximum Gasteiger partial charge on any atom is 0.306 e. The van der Waals surface area contributed by atoms with E-state index in [1.165, 1.54) is 0 Å². The molecule has 3 rings (SSSR count). The molecule has 1 amide bonds. The number of esters is 1. The molecule has 44 heavy (non-hydrogen) atoms. The molecule has 238 valence electrons. The van der Waals surface area contributed by atoms with Gasteiger partial charge in [-0.2, -0.15) is 0 Å². The van der Waals surface area contributed by atoms with Gasteiger partial charge in [-0.15, -0.1) is 0 Å². The van der Waals surface area contributed by atoms with Gasteiger partial charge in [-0.05, 0) is 74.5 Å². The number of carbonyl (C=O) groups excluding carboxylic acids is 2. The van der Waals surface area contributed by atoms with Crippen LogP contribution in [0.1, 0.15) is 69.2 Å². The number of nitrogens with zero attached hydrogens (tertiary/aromatic N) is 4. The number of hydrazine groups is 1. The summed E-state index contributed by atoms with van der Waals surface area (Å²) in [5, 5.41) is 12.8. The number of hydrogen-bond donors (Lipinski definition) is 3. The van der Waals surface area contributed by atoms with Gasteiger partial charge < -0.3 is 24.1 Å². The summed E-state index contributed by atoms with van der Waals surface area (Å²) >= 11 is 0. The van der Waals surface area contributed by atoms with Crippen molar-refractivity contribution < 1.29 is 33.6 Å². The topological polar surface area (TPSA) is 176 Å². The maximum absolute atomic E-state index is 14.1. The summed E-state index contributed by atoms with van der Waals surface area (Å²) in [7, 11) is 1.60. The van der Waals surface area contributed by atoms with Gasteiger partial charge in [0.1, 0.15) is 11.4 Å². The van der Waals surface area contributed by atoms with Crippen molar-refractivity contribution in [2.24, 2.45) is 10.1 Å². The minimum atomic E-state index is -1.59. The predicted octanol–water partition coefficient (Wildman–Crippen LogP) is 4.29. The highest BCUT2D eigenvalue weighted by Crippen LogP contribution is 2.44. The Morgan fingerprint density at radius 2 is 1.89 bits per heavy atom. The molecule has 0 fully saturated rings. The molecule has 0 unspecified atom stereocenters. The van der Waals surface area contributed by atoms with Crippen LogP contribution in [0.15, 0.2) is 58.6 Å². The third-order valence-electron chi connectivity index (χ3n) is 6.65. The number of aliphatic hydroxyl groups is 1. The van der Waals surface area contributed by atoms with Gasteiger partial charge in [0.2, 0.25) is 5.90 Å². The number of amides is 1. The molecule has 1 aliphatic heterocycles. The van der Waals surface area contributed by atoms with E-state index in [2.05, 4.69) is 20.9 Å². The molecule has 0 aromatic heterocycles. The number of ether oxygens (including phenoxy) is 4. The lowest BCUT2D eigenvalue weighted by molar-refractivity contribution is -0.155. The van der Waals surface area contributed by atoms with Gasteiger partial charge in [0, 0.05) is 50.2 Å². The first kappa shape index (κ1) is 34.3. The Morgan fingerprint density at radius 3 is 2.57 bits per heavy atom. The van der Waals surface area contributed by atoms with Crippen LogP contribution in [-0.2, 0) is 30.3 Å². The van der Waals surface area contributed by atoms with E-state index in [-0.39, 0.29) is 31.9 Å². The van der Waals surface area contributed by atoms with E-state index in [4.69, 9.17) is 34.6 Å². The van der Waals surface area contributed by atoms with Crippen LogP contribution in [0.5, 0.6) is 5.75 Å². The number of aliphatic imine (C=N–C) groups is 1. The van der Waals surface area contributed by atoms with Gasteiger partial charge in [-0.3, -0.25) is 15.0 Å². The van der Waals surface area contributed by atoms with Crippen molar-refractivity contribution in [3.63, 3.8) is 0 Å². The first-order valence-electron chi connectivity index (χ1n) is 14.6. The second-order valence-electron chi connectivity index (χ2n) is 11.2. The fraction of sp³-hybridized carbons (Fsp3) is 0.516. The standard InChI is InChI=1S/C31H42N6O7/c1-30(2,3)44-26(39)15-16-31(29(40)36-33-17-7-19-41-4)27(25-10-6-5-9-23(25)21-34-37-32)43-28(35-31)22-11-13-24(14-12-22)42-20-8-18-38/h5-6,9-14,27,33,38H,7-8,15-21H2,1-4H3,(H,36,40)/t27-,31-/m0/s1. The number of hydrogen-bond acceptors (Lipinski definition) is 10. The average Bonchev–Trinajstić information content (AvgIpc) is 3.39. The number of nitrogens with one attached hydrogen (secondary N) is 2. The summed E-state index contributed by atoms with van der Waals surface area (Å²) in [4.78, 5) is 34.8. The molecule has 13 nitrogen and oxygen atoms in total. The summed E-state index contributed by atoms with van der Waals surface area (Å²) < 4.78 is 22.8. The zero-order valence-corrected chi connectivity index (χ0v) is 25.7. The normalized spacial score (nSPS) is 17.7. The Kier molecular flexibility index (Phi) is 13.0. The first-order chi connectivity index (χ1) is 21.1. The Balaban J connectivity index is 2.06. The number of carbonyl (C=O) groups is 2. The SMILES string of the molecule is COCCCNNC(=O)[C@@]1(CCC(=O)OC(C)(C)C)N=C(c2ccc(OCCCO)cc2)O[C@H]1c1ccccc1CN=[N+]=[N-]. The van der Waals surface area contributed by atoms with E-state index < -0.39 is 29.1 Å². The van der Waals surface area contributed by atoms with Crippen LogP contribution in [-0.4, -0.2) is 67.5 Å². The highest BCUT2D eigenvalue weighted by molar-refractivity contribution is 6.01. The lowest BCUT2D eigenvalue weighted by atomic mass is 9.82. The zero-order valence-electron chi connectivity index (χ0n) is 25.7. The molecule has 0 saturated heterocycles. The Morgan fingerprint density at radius 1 is 1.14 bits per heavy atom. The molecule has 1 heterocycles. The zero-order chi connectivity index (χ0) is 32.0. The molecule has 2 aromatic rings. The van der Waals surface area contributed by atoms with Crippen LogP contribution >= 0.6 is 0 Å². The molecule has 0 saturated carbocycles. The first-order valence-corrected chi connectivity index (χ1v) is 14.6. The van der Waals surface area contributed by atoms with Crippen molar-refractivity contribution >= 4 is 17.8 Å². The second kappa shape index (κ2) is 16.6. The monoisotopic (exact) mass is 610 g/mol. The molecule has 0 radical (unpaired) electrons. The van der Waals surface area contributed by atoms with Crippen LogP contribution in [0.3, 0.4) is 0 Å². The highest BCUT2D eigenvalue weighted by atomic mass is 16.6. The molecule has 2 atom stereocenters. The van der Waals surface area contributed by atoms with Crippen molar-refractivity contribution in [2.75, 3.05) is 33.5 Å². The molecule has 1 aliphatic rings. The van der Waals surface area contributed by atoms with Crippen LogP contribution in [0.25, 0.3) is 10.4 Å². The predicted molar refractivity (Wildman–Crippen MR) is 164 cm³/mol. The largest absolute Gasteiger partial charge is 0.494 e.